The zero-order valence-electron chi connectivity index (χ0n) is 6.63. The highest BCUT2D eigenvalue weighted by Crippen LogP contribution is 2.12. The van der Waals surface area contributed by atoms with E-state index in [1.165, 1.54) is 0 Å². The lowest BCUT2D eigenvalue weighted by molar-refractivity contribution is -0.107. The first-order chi connectivity index (χ1) is 5.31. The summed E-state index contributed by atoms with van der Waals surface area (Å²) in [5, 5.41) is 8.56. The van der Waals surface area contributed by atoms with Crippen molar-refractivity contribution >= 4 is 17.9 Å². The van der Waals surface area contributed by atoms with Crippen molar-refractivity contribution in [1.82, 2.24) is 0 Å². The van der Waals surface area contributed by atoms with E-state index < -0.39 is 0 Å². The second kappa shape index (κ2) is 8.02. The third-order valence-electron chi connectivity index (χ3n) is 1.52. The van der Waals surface area contributed by atoms with Crippen LogP contribution >= 0.6 is 11.6 Å². The van der Waals surface area contributed by atoms with Crippen LogP contribution in [-0.4, -0.2) is 23.4 Å². The van der Waals surface area contributed by atoms with Gasteiger partial charge >= 0.3 is 0 Å². The first-order valence-electron chi connectivity index (χ1n) is 3.99. The maximum Gasteiger partial charge on any atom is 0.120 e. The predicted molar refractivity (Wildman–Crippen MR) is 45.9 cm³/mol. The molecule has 0 aromatic heterocycles. The molecule has 0 aliphatic carbocycles. The summed E-state index contributed by atoms with van der Waals surface area (Å²) in [6.45, 7) is 0.233. The second-order valence-electron chi connectivity index (χ2n) is 2.56. The minimum atomic E-state index is 0.103. The molecule has 0 rings (SSSR count). The number of hydrogen-bond donors (Lipinski definition) is 1. The minimum absolute atomic E-state index is 0.103. The Bertz CT molecular complexity index is 96.1. The standard InChI is InChI=1S/C8H15ClO2/c9-8(5-3-7-11)4-1-2-6-10/h7-8,10H,1-6H2. The van der Waals surface area contributed by atoms with Crippen LogP contribution in [0.25, 0.3) is 0 Å². The van der Waals surface area contributed by atoms with E-state index in [1.54, 1.807) is 0 Å². The Hall–Kier alpha value is -0.0800. The monoisotopic (exact) mass is 178 g/mol. The molecule has 0 saturated carbocycles. The van der Waals surface area contributed by atoms with Gasteiger partial charge in [0.15, 0.2) is 0 Å². The zero-order chi connectivity index (χ0) is 8.53. The molecule has 11 heavy (non-hydrogen) atoms. The van der Waals surface area contributed by atoms with Crippen LogP contribution in [0.15, 0.2) is 0 Å². The molecule has 0 aromatic carbocycles. The fourth-order valence-corrected chi connectivity index (χ4v) is 1.15. The molecule has 1 N–H and O–H groups in total. The van der Waals surface area contributed by atoms with Gasteiger partial charge in [0.1, 0.15) is 6.29 Å². The van der Waals surface area contributed by atoms with E-state index in [0.29, 0.717) is 6.42 Å². The Morgan fingerprint density at radius 2 is 2.09 bits per heavy atom. The molecule has 0 aliphatic rings. The molecular weight excluding hydrogens is 164 g/mol. The average Bonchev–Trinajstić information content (AvgIpc) is 2.01. The second-order valence-corrected chi connectivity index (χ2v) is 3.18. The molecule has 0 saturated heterocycles. The summed E-state index contributed by atoms with van der Waals surface area (Å²) >= 11 is 5.85. The van der Waals surface area contributed by atoms with Gasteiger partial charge in [-0.2, -0.15) is 0 Å². The van der Waals surface area contributed by atoms with Crippen molar-refractivity contribution in [3.63, 3.8) is 0 Å². The maximum atomic E-state index is 9.94. The molecule has 2 nitrogen and oxygen atoms in total. The average molecular weight is 179 g/mol. The molecule has 0 aromatic rings. The van der Waals surface area contributed by atoms with Crippen LogP contribution in [0, 0.1) is 0 Å². The molecule has 66 valence electrons. The number of unbranched alkanes of at least 4 members (excludes halogenated alkanes) is 1. The summed E-state index contributed by atoms with van der Waals surface area (Å²) in [4.78, 5) is 9.94. The van der Waals surface area contributed by atoms with E-state index in [1.807, 2.05) is 0 Å². The van der Waals surface area contributed by atoms with E-state index in [9.17, 15) is 4.79 Å². The summed E-state index contributed by atoms with van der Waals surface area (Å²) in [6.07, 6.45) is 4.86. The fraction of sp³-hybridized carbons (Fsp3) is 0.875. The van der Waals surface area contributed by atoms with Crippen molar-refractivity contribution in [1.29, 1.82) is 0 Å². The Kier molecular flexibility index (Phi) is 7.96. The van der Waals surface area contributed by atoms with Gasteiger partial charge in [0, 0.05) is 18.4 Å². The van der Waals surface area contributed by atoms with Gasteiger partial charge in [-0.1, -0.05) is 0 Å². The Balaban J connectivity index is 3.08. The minimum Gasteiger partial charge on any atom is -0.396 e. The lowest BCUT2D eigenvalue weighted by atomic mass is 10.1. The quantitative estimate of drug-likeness (QED) is 0.366. The largest absolute Gasteiger partial charge is 0.396 e. The summed E-state index contributed by atoms with van der Waals surface area (Å²) < 4.78 is 0. The van der Waals surface area contributed by atoms with Crippen LogP contribution in [0.2, 0.25) is 0 Å². The van der Waals surface area contributed by atoms with Crippen molar-refractivity contribution in [3.05, 3.63) is 0 Å². The smallest absolute Gasteiger partial charge is 0.120 e. The molecule has 3 heteroatoms. The number of carbonyl (C=O) groups excluding carboxylic acids is 1. The number of rotatable bonds is 7. The van der Waals surface area contributed by atoms with Gasteiger partial charge in [-0.25, -0.2) is 0 Å². The lowest BCUT2D eigenvalue weighted by Gasteiger charge is -2.05. The molecular formula is C8H15ClO2. The van der Waals surface area contributed by atoms with E-state index in [4.69, 9.17) is 16.7 Å². The molecule has 0 spiro atoms. The summed E-state index contributed by atoms with van der Waals surface area (Å²) in [5.41, 5.74) is 0. The fourth-order valence-electron chi connectivity index (χ4n) is 0.871. The van der Waals surface area contributed by atoms with Gasteiger partial charge in [-0.3, -0.25) is 0 Å². The van der Waals surface area contributed by atoms with Gasteiger partial charge < -0.3 is 9.90 Å². The Labute approximate surface area is 72.6 Å². The number of aldehydes is 1. The highest BCUT2D eigenvalue weighted by molar-refractivity contribution is 6.20. The van der Waals surface area contributed by atoms with E-state index in [0.717, 1.165) is 32.0 Å². The molecule has 0 bridgehead atoms. The maximum absolute atomic E-state index is 9.94. The van der Waals surface area contributed by atoms with Gasteiger partial charge in [0.2, 0.25) is 0 Å². The Morgan fingerprint density at radius 1 is 1.36 bits per heavy atom. The molecule has 0 heterocycles. The number of carbonyl (C=O) groups is 1. The van der Waals surface area contributed by atoms with Crippen molar-refractivity contribution in [2.24, 2.45) is 0 Å². The number of halogens is 1. The van der Waals surface area contributed by atoms with E-state index in [2.05, 4.69) is 0 Å². The highest BCUT2D eigenvalue weighted by atomic mass is 35.5. The summed E-state index contributed by atoms with van der Waals surface area (Å²) in [7, 11) is 0. The van der Waals surface area contributed by atoms with Crippen molar-refractivity contribution in [3.8, 4) is 0 Å². The molecule has 0 aliphatic heterocycles. The number of hydrogen-bond acceptors (Lipinski definition) is 2. The highest BCUT2D eigenvalue weighted by Gasteiger charge is 2.02. The van der Waals surface area contributed by atoms with Crippen LogP contribution in [0.5, 0.6) is 0 Å². The molecule has 0 fully saturated rings. The summed E-state index contributed by atoms with van der Waals surface area (Å²) in [5.74, 6) is 0. The van der Waals surface area contributed by atoms with Crippen LogP contribution < -0.4 is 0 Å². The zero-order valence-corrected chi connectivity index (χ0v) is 7.39. The van der Waals surface area contributed by atoms with Gasteiger partial charge in [0.05, 0.1) is 0 Å². The van der Waals surface area contributed by atoms with E-state index in [-0.39, 0.29) is 12.0 Å². The Morgan fingerprint density at radius 3 is 2.64 bits per heavy atom. The van der Waals surface area contributed by atoms with Crippen molar-refractivity contribution in [2.75, 3.05) is 6.61 Å². The van der Waals surface area contributed by atoms with Crippen LogP contribution in [0.1, 0.15) is 32.1 Å². The van der Waals surface area contributed by atoms with Crippen molar-refractivity contribution in [2.45, 2.75) is 37.5 Å². The molecule has 0 amide bonds. The number of aliphatic hydroxyl groups excluding tert-OH is 1. The SMILES string of the molecule is O=CCCC(Cl)CCCCO. The van der Waals surface area contributed by atoms with Crippen molar-refractivity contribution < 1.29 is 9.90 Å². The van der Waals surface area contributed by atoms with Gasteiger partial charge in [0.25, 0.3) is 0 Å². The first-order valence-corrected chi connectivity index (χ1v) is 4.43. The topological polar surface area (TPSA) is 37.3 Å². The molecule has 0 radical (unpaired) electrons. The van der Waals surface area contributed by atoms with Gasteiger partial charge in [-0.15, -0.1) is 11.6 Å². The van der Waals surface area contributed by atoms with E-state index >= 15 is 0 Å². The third-order valence-corrected chi connectivity index (χ3v) is 1.96. The predicted octanol–water partition coefficient (Wildman–Crippen LogP) is 1.74. The normalized spacial score (nSPS) is 12.9. The third kappa shape index (κ3) is 7.82. The summed E-state index contributed by atoms with van der Waals surface area (Å²) in [6, 6.07) is 0. The number of aliphatic hydroxyl groups is 1. The number of alkyl halides is 1. The lowest BCUT2D eigenvalue weighted by Crippen LogP contribution is -1.99. The molecule has 1 atom stereocenters. The molecule has 1 unspecified atom stereocenters. The van der Waals surface area contributed by atoms with Crippen LogP contribution in [0.4, 0.5) is 0 Å². The first kappa shape index (κ1) is 10.9. The van der Waals surface area contributed by atoms with Crippen LogP contribution in [-0.2, 0) is 4.79 Å². The van der Waals surface area contributed by atoms with Crippen LogP contribution in [0.3, 0.4) is 0 Å². The van der Waals surface area contributed by atoms with Gasteiger partial charge in [-0.05, 0) is 25.7 Å².